The number of carboxylic acids is 2. The van der Waals surface area contributed by atoms with Crippen LogP contribution in [0.2, 0.25) is 0 Å². The van der Waals surface area contributed by atoms with Crippen LogP contribution in [0.1, 0.15) is 13.3 Å². The Morgan fingerprint density at radius 3 is 1.91 bits per heavy atom. The molecule has 0 aliphatic carbocycles. The van der Waals surface area contributed by atoms with Gasteiger partial charge in [-0.2, -0.15) is 0 Å². The Morgan fingerprint density at radius 2 is 1.82 bits per heavy atom. The van der Waals surface area contributed by atoms with E-state index in [-0.39, 0.29) is 31.5 Å². The van der Waals surface area contributed by atoms with E-state index in [4.69, 9.17) is 0 Å². The van der Waals surface area contributed by atoms with Gasteiger partial charge in [0.2, 0.25) is 0 Å². The molecule has 0 aliphatic rings. The van der Waals surface area contributed by atoms with Crippen LogP contribution in [0.5, 0.6) is 0 Å². The van der Waals surface area contributed by atoms with Crippen LogP contribution in [0.3, 0.4) is 0 Å². The quantitative estimate of drug-likeness (QED) is 0.389. The fourth-order valence-electron chi connectivity index (χ4n) is 0.448. The van der Waals surface area contributed by atoms with Crippen LogP contribution < -0.4 is 10.2 Å². The van der Waals surface area contributed by atoms with E-state index in [1.54, 1.807) is 0 Å². The number of hydrogen-bond donors (Lipinski definition) is 0. The summed E-state index contributed by atoms with van der Waals surface area (Å²) in [4.78, 5) is 19.8. The third-order valence-electron chi connectivity index (χ3n) is 0.935. The van der Waals surface area contributed by atoms with Crippen molar-refractivity contribution in [1.82, 2.24) is 0 Å². The molecule has 0 bridgehead atoms. The molecular weight excluding hydrogens is 201 g/mol. The molecule has 0 N–H and O–H groups in total. The van der Waals surface area contributed by atoms with Crippen LogP contribution in [-0.2, 0) is 29.1 Å². The Labute approximate surface area is 76.7 Å². The fourth-order valence-corrected chi connectivity index (χ4v) is 0.448. The molecule has 0 spiro atoms. The van der Waals surface area contributed by atoms with Crippen molar-refractivity contribution in [2.75, 3.05) is 0 Å². The van der Waals surface area contributed by atoms with Gasteiger partial charge in [0.25, 0.3) is 0 Å². The van der Waals surface area contributed by atoms with Gasteiger partial charge in [-0.1, -0.05) is 6.92 Å². The molecule has 0 unspecified atom stereocenters. The topological polar surface area (TPSA) is 80.3 Å². The largest absolute Gasteiger partial charge is 2.00 e. The molecule has 0 amide bonds. The van der Waals surface area contributed by atoms with Gasteiger partial charge in [-0.05, 0) is 18.1 Å². The number of rotatable bonds is 3. The van der Waals surface area contributed by atoms with Crippen molar-refractivity contribution in [1.29, 1.82) is 0 Å². The van der Waals surface area contributed by atoms with E-state index < -0.39 is 11.9 Å². The molecule has 0 aromatic rings. The standard InChI is InChI=1S/C6H8O4.Zn/c1-2-4(6(9)10)3-5(7)8;/h3H,2H2,1H3,(H,7,8)(H,9,10);/q;+2/p-2/b4-3+;. The summed E-state index contributed by atoms with van der Waals surface area (Å²) >= 11 is 0. The molecule has 0 heterocycles. The van der Waals surface area contributed by atoms with Gasteiger partial charge in [0.05, 0.1) is 11.9 Å². The van der Waals surface area contributed by atoms with Gasteiger partial charge in [0.15, 0.2) is 0 Å². The van der Waals surface area contributed by atoms with Gasteiger partial charge < -0.3 is 19.8 Å². The van der Waals surface area contributed by atoms with Crippen LogP contribution in [0.4, 0.5) is 0 Å². The Bertz CT molecular complexity index is 185. The monoisotopic (exact) mass is 206 g/mol. The summed E-state index contributed by atoms with van der Waals surface area (Å²) in [6.45, 7) is 1.52. The Morgan fingerprint density at radius 1 is 1.36 bits per heavy atom. The van der Waals surface area contributed by atoms with Crippen molar-refractivity contribution >= 4 is 11.9 Å². The van der Waals surface area contributed by atoms with Crippen LogP contribution in [0.15, 0.2) is 11.6 Å². The van der Waals surface area contributed by atoms with Crippen molar-refractivity contribution in [2.24, 2.45) is 0 Å². The first kappa shape index (κ1) is 12.9. The smallest absolute Gasteiger partial charge is 0.545 e. The van der Waals surface area contributed by atoms with Gasteiger partial charge in [-0.25, -0.2) is 0 Å². The van der Waals surface area contributed by atoms with E-state index >= 15 is 0 Å². The van der Waals surface area contributed by atoms with Crippen LogP contribution >= 0.6 is 0 Å². The zero-order valence-corrected chi connectivity index (χ0v) is 9.09. The molecule has 0 atom stereocenters. The van der Waals surface area contributed by atoms with Gasteiger partial charge in [0, 0.05) is 0 Å². The maximum atomic E-state index is 10.00. The second kappa shape index (κ2) is 6.04. The SMILES string of the molecule is CC/C(=C\C(=O)[O-])C(=O)[O-].[Zn+2]. The predicted molar refractivity (Wildman–Crippen MR) is 28.4 cm³/mol. The molecule has 5 heteroatoms. The number of carbonyl (C=O) groups is 2. The zero-order valence-electron chi connectivity index (χ0n) is 6.12. The molecular formula is C6H6O4Zn. The van der Waals surface area contributed by atoms with E-state index in [2.05, 4.69) is 0 Å². The molecule has 0 rings (SSSR count). The van der Waals surface area contributed by atoms with Crippen LogP contribution in [0.25, 0.3) is 0 Å². The first-order valence-electron chi connectivity index (χ1n) is 2.70. The van der Waals surface area contributed by atoms with Gasteiger partial charge in [-0.15, -0.1) is 0 Å². The summed E-state index contributed by atoms with van der Waals surface area (Å²) in [5.74, 6) is -2.98. The van der Waals surface area contributed by atoms with E-state index in [9.17, 15) is 19.8 Å². The molecule has 0 aliphatic heterocycles. The van der Waals surface area contributed by atoms with Crippen molar-refractivity contribution < 1.29 is 39.3 Å². The summed E-state index contributed by atoms with van der Waals surface area (Å²) < 4.78 is 0. The molecule has 11 heavy (non-hydrogen) atoms. The normalized spacial score (nSPS) is 10.1. The summed E-state index contributed by atoms with van der Waals surface area (Å²) in [6, 6.07) is 0. The second-order valence-electron chi connectivity index (χ2n) is 1.63. The summed E-state index contributed by atoms with van der Waals surface area (Å²) in [6.07, 6.45) is 0.644. The molecule has 4 nitrogen and oxygen atoms in total. The summed E-state index contributed by atoms with van der Waals surface area (Å²) in [5, 5.41) is 19.8. The van der Waals surface area contributed by atoms with E-state index in [1.165, 1.54) is 6.92 Å². The molecule has 0 aromatic heterocycles. The van der Waals surface area contributed by atoms with Gasteiger partial charge >= 0.3 is 19.5 Å². The first-order valence-corrected chi connectivity index (χ1v) is 2.70. The number of aliphatic carboxylic acids is 2. The third kappa shape index (κ3) is 5.73. The van der Waals surface area contributed by atoms with E-state index in [1.807, 2.05) is 0 Å². The molecule has 56 valence electrons. The van der Waals surface area contributed by atoms with Crippen molar-refractivity contribution in [3.8, 4) is 0 Å². The average molecular weight is 208 g/mol. The minimum atomic E-state index is -1.51. The Balaban J connectivity index is 0. The number of carboxylic acid groups (broad SMARTS) is 2. The molecule has 0 aromatic carbocycles. The predicted octanol–water partition coefficient (Wildman–Crippen LogP) is -2.18. The Hall–Kier alpha value is -0.697. The molecule has 0 fully saturated rings. The van der Waals surface area contributed by atoms with Crippen molar-refractivity contribution in [3.05, 3.63) is 11.6 Å². The van der Waals surface area contributed by atoms with Gasteiger partial charge in [0.1, 0.15) is 0 Å². The molecule has 0 saturated carbocycles. The minimum Gasteiger partial charge on any atom is -0.545 e. The van der Waals surface area contributed by atoms with Crippen LogP contribution in [0, 0.1) is 0 Å². The molecule has 0 radical (unpaired) electrons. The fraction of sp³-hybridized carbons (Fsp3) is 0.333. The average Bonchev–Trinajstić information content (AvgIpc) is 1.81. The minimum absolute atomic E-state index is 0. The van der Waals surface area contributed by atoms with Crippen molar-refractivity contribution in [2.45, 2.75) is 13.3 Å². The zero-order chi connectivity index (χ0) is 8.15. The van der Waals surface area contributed by atoms with E-state index in [0.717, 1.165) is 0 Å². The third-order valence-corrected chi connectivity index (χ3v) is 0.935. The first-order chi connectivity index (χ1) is 4.57. The summed E-state index contributed by atoms with van der Waals surface area (Å²) in [7, 11) is 0. The van der Waals surface area contributed by atoms with E-state index in [0.29, 0.717) is 6.08 Å². The van der Waals surface area contributed by atoms with Crippen LogP contribution in [-0.4, -0.2) is 11.9 Å². The molecule has 0 saturated heterocycles. The van der Waals surface area contributed by atoms with Gasteiger partial charge in [-0.3, -0.25) is 0 Å². The Kier molecular flexibility index (Phi) is 7.10. The maximum Gasteiger partial charge on any atom is 2.00 e. The number of carbonyl (C=O) groups excluding carboxylic acids is 2. The maximum absolute atomic E-state index is 10.00. The van der Waals surface area contributed by atoms with Crippen molar-refractivity contribution in [3.63, 3.8) is 0 Å². The summed E-state index contributed by atoms with van der Waals surface area (Å²) in [5.41, 5.74) is -0.264. The second-order valence-corrected chi connectivity index (χ2v) is 1.63. The number of hydrogen-bond acceptors (Lipinski definition) is 4.